The average molecular weight is 281 g/mol. The van der Waals surface area contributed by atoms with E-state index in [1.54, 1.807) is 29.2 Å². The molecule has 1 amide bonds. The lowest BCUT2D eigenvalue weighted by Gasteiger charge is -2.24. The molecule has 0 aliphatic rings. The zero-order chi connectivity index (χ0) is 15.2. The third-order valence-corrected chi connectivity index (χ3v) is 2.93. The van der Waals surface area contributed by atoms with Crippen molar-refractivity contribution in [2.75, 3.05) is 17.2 Å². The maximum Gasteiger partial charge on any atom is 0.236 e. The number of nitrogens with zero attached hydrogens (tertiary/aromatic N) is 3. The Morgan fingerprint density at radius 1 is 1.29 bits per heavy atom. The summed E-state index contributed by atoms with van der Waals surface area (Å²) in [6.07, 6.45) is 1.54. The summed E-state index contributed by atoms with van der Waals surface area (Å²) in [5, 5.41) is 9.13. The van der Waals surface area contributed by atoms with Crippen molar-refractivity contribution in [3.63, 3.8) is 0 Å². The van der Waals surface area contributed by atoms with Crippen molar-refractivity contribution in [3.8, 4) is 6.07 Å². The van der Waals surface area contributed by atoms with E-state index in [-0.39, 0.29) is 12.2 Å². The molecule has 0 aliphatic heterocycles. The van der Waals surface area contributed by atoms with Crippen LogP contribution in [0.3, 0.4) is 0 Å². The minimum atomic E-state index is -0.474. The van der Waals surface area contributed by atoms with Gasteiger partial charge in [0.05, 0.1) is 12.2 Å². The first-order valence-electron chi connectivity index (χ1n) is 6.33. The van der Waals surface area contributed by atoms with Gasteiger partial charge in [0, 0.05) is 18.4 Å². The Kier molecular flexibility index (Phi) is 4.36. The normalized spacial score (nSPS) is 9.86. The maximum atomic E-state index is 11.3. The highest BCUT2D eigenvalue weighted by Crippen LogP contribution is 2.20. The van der Waals surface area contributed by atoms with Gasteiger partial charge in [-0.25, -0.2) is 4.98 Å². The predicted octanol–water partition coefficient (Wildman–Crippen LogP) is 1.03. The molecular formula is C15H15N5O. The number of nitrogens with two attached hydrogens (primary N) is 2. The number of rotatable bonds is 5. The lowest BCUT2D eigenvalue weighted by atomic mass is 10.1. The molecule has 6 heteroatoms. The molecule has 2 rings (SSSR count). The fourth-order valence-electron chi connectivity index (χ4n) is 2.00. The predicted molar refractivity (Wildman–Crippen MR) is 80.1 cm³/mol. The van der Waals surface area contributed by atoms with Crippen molar-refractivity contribution in [1.29, 1.82) is 5.26 Å². The van der Waals surface area contributed by atoms with Gasteiger partial charge < -0.3 is 16.4 Å². The Labute approximate surface area is 122 Å². The van der Waals surface area contributed by atoms with E-state index >= 15 is 0 Å². The second kappa shape index (κ2) is 6.39. The molecule has 0 fully saturated rings. The average Bonchev–Trinajstić information content (AvgIpc) is 2.48. The van der Waals surface area contributed by atoms with Crippen molar-refractivity contribution in [1.82, 2.24) is 4.98 Å². The van der Waals surface area contributed by atoms with Crippen LogP contribution in [0.25, 0.3) is 0 Å². The molecule has 0 saturated carbocycles. The van der Waals surface area contributed by atoms with Crippen molar-refractivity contribution in [2.45, 2.75) is 6.54 Å². The van der Waals surface area contributed by atoms with Crippen molar-refractivity contribution < 1.29 is 4.79 Å². The van der Waals surface area contributed by atoms with Gasteiger partial charge in [-0.05, 0) is 29.8 Å². The first-order valence-corrected chi connectivity index (χ1v) is 6.33. The van der Waals surface area contributed by atoms with Gasteiger partial charge in [0.2, 0.25) is 5.91 Å². The first kappa shape index (κ1) is 14.3. The molecule has 0 unspecified atom stereocenters. The monoisotopic (exact) mass is 281 g/mol. The lowest BCUT2D eigenvalue weighted by Crippen LogP contribution is -2.34. The fraction of sp³-hybridized carbons (Fsp3) is 0.133. The molecule has 106 valence electrons. The molecule has 0 spiro atoms. The zero-order valence-electron chi connectivity index (χ0n) is 11.4. The first-order chi connectivity index (χ1) is 10.1. The number of benzene rings is 1. The molecule has 1 aromatic heterocycles. The van der Waals surface area contributed by atoms with Gasteiger partial charge in [-0.3, -0.25) is 4.79 Å². The third-order valence-electron chi connectivity index (χ3n) is 2.93. The van der Waals surface area contributed by atoms with Gasteiger partial charge in [-0.15, -0.1) is 0 Å². The number of anilines is 2. The molecule has 4 N–H and O–H groups in total. The number of aromatic nitrogens is 1. The highest BCUT2D eigenvalue weighted by molar-refractivity contribution is 5.80. The minimum Gasteiger partial charge on any atom is -0.399 e. The third kappa shape index (κ3) is 3.70. The van der Waals surface area contributed by atoms with Crippen LogP contribution in [-0.2, 0) is 11.3 Å². The Morgan fingerprint density at radius 2 is 2.00 bits per heavy atom. The highest BCUT2D eigenvalue weighted by atomic mass is 16.1. The number of primary amides is 1. The summed E-state index contributed by atoms with van der Waals surface area (Å²) in [5.74, 6) is -0.474. The molecule has 1 aromatic carbocycles. The maximum absolute atomic E-state index is 11.3. The van der Waals surface area contributed by atoms with Crippen LogP contribution in [0.15, 0.2) is 42.6 Å². The van der Waals surface area contributed by atoms with E-state index in [0.29, 0.717) is 17.9 Å². The Bertz CT molecular complexity index is 675. The molecule has 1 heterocycles. The summed E-state index contributed by atoms with van der Waals surface area (Å²) >= 11 is 0. The number of carbonyl (C=O) groups excluding carboxylic acids is 1. The Morgan fingerprint density at radius 3 is 2.62 bits per heavy atom. The highest BCUT2D eigenvalue weighted by Gasteiger charge is 2.14. The van der Waals surface area contributed by atoms with E-state index in [9.17, 15) is 4.79 Å². The number of hydrogen-bond donors (Lipinski definition) is 2. The van der Waals surface area contributed by atoms with E-state index in [1.165, 1.54) is 6.20 Å². The van der Waals surface area contributed by atoms with Crippen LogP contribution in [0.5, 0.6) is 0 Å². The van der Waals surface area contributed by atoms with Gasteiger partial charge in [0.25, 0.3) is 0 Å². The smallest absolute Gasteiger partial charge is 0.236 e. The summed E-state index contributed by atoms with van der Waals surface area (Å²) in [5.41, 5.74) is 13.4. The van der Waals surface area contributed by atoms with Gasteiger partial charge >= 0.3 is 0 Å². The van der Waals surface area contributed by atoms with Crippen LogP contribution in [0.2, 0.25) is 0 Å². The van der Waals surface area contributed by atoms with Crippen LogP contribution in [0.4, 0.5) is 11.4 Å². The largest absolute Gasteiger partial charge is 0.399 e. The molecule has 0 saturated heterocycles. The van der Waals surface area contributed by atoms with Crippen LogP contribution >= 0.6 is 0 Å². The Balaban J connectivity index is 2.32. The van der Waals surface area contributed by atoms with Gasteiger partial charge in [-0.1, -0.05) is 12.1 Å². The van der Waals surface area contributed by atoms with E-state index in [2.05, 4.69) is 4.98 Å². The lowest BCUT2D eigenvalue weighted by molar-refractivity contribution is -0.116. The van der Waals surface area contributed by atoms with E-state index in [0.717, 1.165) is 5.56 Å². The molecule has 0 bridgehead atoms. The molecule has 21 heavy (non-hydrogen) atoms. The number of pyridine rings is 1. The van der Waals surface area contributed by atoms with Crippen LogP contribution in [-0.4, -0.2) is 17.4 Å². The second-order valence-corrected chi connectivity index (χ2v) is 4.55. The SMILES string of the molecule is N#Cc1ncccc1N(CC(N)=O)Cc1ccc(N)cc1. The van der Waals surface area contributed by atoms with Crippen molar-refractivity contribution in [2.24, 2.45) is 5.73 Å². The molecule has 0 aliphatic carbocycles. The van der Waals surface area contributed by atoms with Crippen LogP contribution in [0, 0.1) is 11.3 Å². The van der Waals surface area contributed by atoms with E-state index < -0.39 is 5.91 Å². The number of amides is 1. The Hall–Kier alpha value is -3.07. The van der Waals surface area contributed by atoms with Crippen LogP contribution in [0.1, 0.15) is 11.3 Å². The van der Waals surface area contributed by atoms with Crippen LogP contribution < -0.4 is 16.4 Å². The summed E-state index contributed by atoms with van der Waals surface area (Å²) in [4.78, 5) is 17.0. The topological polar surface area (TPSA) is 109 Å². The number of carbonyl (C=O) groups is 1. The molecule has 0 atom stereocenters. The molecule has 0 radical (unpaired) electrons. The summed E-state index contributed by atoms with van der Waals surface area (Å²) in [6.45, 7) is 0.439. The van der Waals surface area contributed by atoms with Crippen molar-refractivity contribution >= 4 is 17.3 Å². The van der Waals surface area contributed by atoms with Gasteiger partial charge in [0.1, 0.15) is 6.07 Å². The molecular weight excluding hydrogens is 266 g/mol. The second-order valence-electron chi connectivity index (χ2n) is 4.55. The van der Waals surface area contributed by atoms with Gasteiger partial charge in [0.15, 0.2) is 5.69 Å². The van der Waals surface area contributed by atoms with Crippen molar-refractivity contribution in [3.05, 3.63) is 53.9 Å². The zero-order valence-corrected chi connectivity index (χ0v) is 11.4. The fourth-order valence-corrected chi connectivity index (χ4v) is 2.00. The number of nitriles is 1. The standard InChI is InChI=1S/C15H15N5O/c16-8-13-14(2-1-7-19-13)20(10-15(18)21)9-11-3-5-12(17)6-4-11/h1-7H,9-10,17H2,(H2,18,21). The minimum absolute atomic E-state index is 0.00471. The quantitative estimate of drug-likeness (QED) is 0.795. The molecule has 6 nitrogen and oxygen atoms in total. The number of hydrogen-bond acceptors (Lipinski definition) is 5. The summed E-state index contributed by atoms with van der Waals surface area (Å²) in [6, 6.07) is 12.8. The number of nitrogen functional groups attached to an aromatic ring is 1. The van der Waals surface area contributed by atoms with Gasteiger partial charge in [-0.2, -0.15) is 5.26 Å². The molecule has 2 aromatic rings. The van der Waals surface area contributed by atoms with E-state index in [4.69, 9.17) is 16.7 Å². The van der Waals surface area contributed by atoms with E-state index in [1.807, 2.05) is 18.2 Å². The summed E-state index contributed by atoms with van der Waals surface area (Å²) in [7, 11) is 0. The summed E-state index contributed by atoms with van der Waals surface area (Å²) < 4.78 is 0.